The van der Waals surface area contributed by atoms with Gasteiger partial charge in [-0.25, -0.2) is 0 Å². The number of hydrogen-bond acceptors (Lipinski definition) is 4. The van der Waals surface area contributed by atoms with Crippen LogP contribution in [0.2, 0.25) is 0 Å². The molecular formula is C17H25O4. The molecule has 117 valence electrons. The van der Waals surface area contributed by atoms with Crippen molar-refractivity contribution in [3.05, 3.63) is 42.7 Å². The van der Waals surface area contributed by atoms with Gasteiger partial charge in [0, 0.05) is 6.61 Å². The van der Waals surface area contributed by atoms with E-state index in [0.29, 0.717) is 18.6 Å². The lowest BCUT2D eigenvalue weighted by Crippen LogP contribution is -2.11. The number of epoxide rings is 2. The summed E-state index contributed by atoms with van der Waals surface area (Å²) in [6.07, 6.45) is 9.81. The molecule has 2 atom stereocenters. The number of hydrogen-bond donors (Lipinski definition) is 0. The van der Waals surface area contributed by atoms with Crippen molar-refractivity contribution in [2.45, 2.75) is 32.3 Å². The predicted octanol–water partition coefficient (Wildman–Crippen LogP) is 3.21. The molecule has 2 rings (SSSR count). The Labute approximate surface area is 127 Å². The average molecular weight is 293 g/mol. The van der Waals surface area contributed by atoms with Gasteiger partial charge < -0.3 is 19.0 Å². The zero-order chi connectivity index (χ0) is 15.5. The van der Waals surface area contributed by atoms with E-state index in [9.17, 15) is 0 Å². The molecule has 4 heteroatoms. The number of rotatable bonds is 10. The van der Waals surface area contributed by atoms with Crippen molar-refractivity contribution in [3.63, 3.8) is 0 Å². The predicted molar refractivity (Wildman–Crippen MR) is 82.4 cm³/mol. The first-order valence-corrected chi connectivity index (χ1v) is 7.33. The molecule has 2 aliphatic heterocycles. The van der Waals surface area contributed by atoms with E-state index in [0.717, 1.165) is 31.0 Å². The van der Waals surface area contributed by atoms with Crippen molar-refractivity contribution in [1.29, 1.82) is 0 Å². The molecule has 21 heavy (non-hydrogen) atoms. The van der Waals surface area contributed by atoms with Gasteiger partial charge in [0.15, 0.2) is 6.61 Å². The fourth-order valence-electron chi connectivity index (χ4n) is 1.88. The fraction of sp³-hybridized carbons (Fsp3) is 0.529. The lowest BCUT2D eigenvalue weighted by Gasteiger charge is -2.14. The van der Waals surface area contributed by atoms with Gasteiger partial charge in [-0.15, -0.1) is 0 Å². The second-order valence-electron chi connectivity index (χ2n) is 5.07. The van der Waals surface area contributed by atoms with E-state index in [1.54, 1.807) is 6.61 Å². The van der Waals surface area contributed by atoms with E-state index >= 15 is 0 Å². The lowest BCUT2D eigenvalue weighted by molar-refractivity contribution is -0.0979. The molecule has 0 spiro atoms. The molecule has 0 aromatic rings. The summed E-state index contributed by atoms with van der Waals surface area (Å²) in [5.74, 6) is 1.55. The molecule has 0 aromatic heterocycles. The molecule has 0 aromatic carbocycles. The lowest BCUT2D eigenvalue weighted by atomic mass is 10.0. The molecule has 2 fully saturated rings. The van der Waals surface area contributed by atoms with Crippen molar-refractivity contribution < 1.29 is 19.0 Å². The summed E-state index contributed by atoms with van der Waals surface area (Å²) >= 11 is 0. The topological polar surface area (TPSA) is 51.4 Å². The molecule has 0 bridgehead atoms. The third kappa shape index (κ3) is 8.48. The molecule has 0 saturated carbocycles. The molecular weight excluding hydrogens is 268 g/mol. The van der Waals surface area contributed by atoms with Gasteiger partial charge in [-0.3, -0.25) is 0 Å². The molecule has 2 aliphatic rings. The second-order valence-corrected chi connectivity index (χ2v) is 5.07. The van der Waals surface area contributed by atoms with Crippen LogP contribution in [0.15, 0.2) is 36.1 Å². The average Bonchev–Trinajstić information content (AvgIpc) is 3.41. The van der Waals surface area contributed by atoms with E-state index in [4.69, 9.17) is 19.0 Å². The standard InChI is InChI=1S/C16H23O3.CH2O/c1-3-13(5-7-15-11-18-15)9-17-10-14(4-2)6-8-16-12-19-16;1-2/h3,5,7,11,14,16H,1,4,6,8-10,12H2,2H3;1H2/b13-5+,15-7?;. The second kappa shape index (κ2) is 10.4. The number of carbonyl (C=O) groups is 1. The monoisotopic (exact) mass is 293 g/mol. The molecule has 1 radical (unpaired) electrons. The van der Waals surface area contributed by atoms with Crippen molar-refractivity contribution >= 4 is 6.79 Å². The first-order valence-electron chi connectivity index (χ1n) is 7.33. The number of carbonyl (C=O) groups excluding carboxylic acids is 1. The molecule has 4 nitrogen and oxygen atoms in total. The molecule has 2 unspecified atom stereocenters. The summed E-state index contributed by atoms with van der Waals surface area (Å²) in [6.45, 7) is 12.1. The van der Waals surface area contributed by atoms with Crippen molar-refractivity contribution in [2.75, 3.05) is 19.8 Å². The van der Waals surface area contributed by atoms with Crippen LogP contribution in [-0.2, 0) is 19.0 Å². The van der Waals surface area contributed by atoms with Crippen LogP contribution in [-0.4, -0.2) is 32.7 Å². The summed E-state index contributed by atoms with van der Waals surface area (Å²) in [4.78, 5) is 8.00. The normalized spacial score (nSPS) is 22.8. The molecule has 0 amide bonds. The number of ether oxygens (including phenoxy) is 3. The fourth-order valence-corrected chi connectivity index (χ4v) is 1.88. The zero-order valence-corrected chi connectivity index (χ0v) is 12.8. The quantitative estimate of drug-likeness (QED) is 0.458. The van der Waals surface area contributed by atoms with Crippen molar-refractivity contribution in [1.82, 2.24) is 0 Å². The van der Waals surface area contributed by atoms with E-state index in [-0.39, 0.29) is 0 Å². The van der Waals surface area contributed by atoms with Gasteiger partial charge in [-0.1, -0.05) is 32.1 Å². The van der Waals surface area contributed by atoms with Gasteiger partial charge in [0.1, 0.15) is 12.5 Å². The van der Waals surface area contributed by atoms with Gasteiger partial charge in [0.05, 0.1) is 19.3 Å². The first kappa shape index (κ1) is 17.7. The van der Waals surface area contributed by atoms with Crippen molar-refractivity contribution in [3.8, 4) is 0 Å². The highest BCUT2D eigenvalue weighted by Gasteiger charge is 2.23. The summed E-state index contributed by atoms with van der Waals surface area (Å²) in [7, 11) is 0. The maximum atomic E-state index is 8.00. The smallest absolute Gasteiger partial charge is 0.199 e. The van der Waals surface area contributed by atoms with E-state index < -0.39 is 0 Å². The van der Waals surface area contributed by atoms with Gasteiger partial charge in [0.25, 0.3) is 0 Å². The van der Waals surface area contributed by atoms with Gasteiger partial charge >= 0.3 is 0 Å². The Balaban J connectivity index is 0.00000106. The van der Waals surface area contributed by atoms with Gasteiger partial charge in [-0.05, 0) is 30.4 Å². The molecule has 2 heterocycles. The van der Waals surface area contributed by atoms with Gasteiger partial charge in [0.2, 0.25) is 0 Å². The van der Waals surface area contributed by atoms with E-state index in [1.165, 1.54) is 12.8 Å². The van der Waals surface area contributed by atoms with Gasteiger partial charge in [-0.2, -0.15) is 0 Å². The summed E-state index contributed by atoms with van der Waals surface area (Å²) < 4.78 is 16.0. The Kier molecular flexibility index (Phi) is 8.71. The Morgan fingerprint density at radius 2 is 2.29 bits per heavy atom. The minimum atomic E-state index is 0.527. The van der Waals surface area contributed by atoms with Crippen LogP contribution in [0.4, 0.5) is 0 Å². The highest BCUT2D eigenvalue weighted by molar-refractivity contribution is 5.28. The van der Waals surface area contributed by atoms with Crippen LogP contribution in [0.25, 0.3) is 0 Å². The Morgan fingerprint density at radius 1 is 1.57 bits per heavy atom. The van der Waals surface area contributed by atoms with E-state index in [2.05, 4.69) is 13.5 Å². The molecule has 0 N–H and O–H groups in total. The van der Waals surface area contributed by atoms with Crippen LogP contribution in [0.3, 0.4) is 0 Å². The van der Waals surface area contributed by atoms with E-state index in [1.807, 2.05) is 25.0 Å². The third-order valence-corrected chi connectivity index (χ3v) is 3.48. The van der Waals surface area contributed by atoms with Crippen molar-refractivity contribution in [2.24, 2.45) is 5.92 Å². The van der Waals surface area contributed by atoms with Crippen LogP contribution in [0, 0.1) is 12.5 Å². The summed E-state index contributed by atoms with van der Waals surface area (Å²) in [6, 6.07) is 0. The highest BCUT2D eigenvalue weighted by Crippen LogP contribution is 2.22. The Hall–Kier alpha value is -1.39. The molecule has 0 aliphatic carbocycles. The van der Waals surface area contributed by atoms with Crippen LogP contribution >= 0.6 is 0 Å². The summed E-state index contributed by atoms with van der Waals surface area (Å²) in [5, 5.41) is 0. The van der Waals surface area contributed by atoms with Crippen LogP contribution < -0.4 is 0 Å². The first-order chi connectivity index (χ1) is 10.3. The zero-order valence-electron chi connectivity index (χ0n) is 12.8. The highest BCUT2D eigenvalue weighted by atomic mass is 16.6. The Bertz CT molecular complexity index is 363. The minimum Gasteiger partial charge on any atom is -0.478 e. The largest absolute Gasteiger partial charge is 0.478 e. The SMILES string of the molecule is C=C/C(=C\C=C1[CH]O1)COCC(CC)CCC1CO1.C=O. The number of allylic oxidation sites excluding steroid dienone is 2. The van der Waals surface area contributed by atoms with Crippen LogP contribution in [0.5, 0.6) is 0 Å². The summed E-state index contributed by atoms with van der Waals surface area (Å²) in [5.41, 5.74) is 1.08. The minimum absolute atomic E-state index is 0.527. The maximum Gasteiger partial charge on any atom is 0.199 e. The van der Waals surface area contributed by atoms with Crippen LogP contribution in [0.1, 0.15) is 26.2 Å². The third-order valence-electron chi connectivity index (χ3n) is 3.48. The molecule has 2 saturated heterocycles. The Morgan fingerprint density at radius 3 is 2.81 bits per heavy atom. The maximum absolute atomic E-state index is 8.00.